The van der Waals surface area contributed by atoms with Crippen molar-refractivity contribution in [2.45, 2.75) is 10.1 Å². The number of hydrogen-bond acceptors (Lipinski definition) is 6. The standard InChI is InChI=1S/C38H32IN3O5S/c1-46-31-20-21-34(47-2)27(22-31)23-33(42-36(43)26-12-7-4-8-13-26)37(44)41-30-14-9-15-32(24-30)48-35(25-10-5-3-6-11-25)38(45)40-29-18-16-28(39)17-19-29/h3-24,35H,1-2H3,(H,40,45)(H,41,44)(H,42,43)/b33-23+. The van der Waals surface area contributed by atoms with Gasteiger partial charge in [0.1, 0.15) is 22.4 Å². The Morgan fingerprint density at radius 2 is 1.44 bits per heavy atom. The van der Waals surface area contributed by atoms with E-state index in [9.17, 15) is 14.4 Å². The van der Waals surface area contributed by atoms with Crippen molar-refractivity contribution in [2.24, 2.45) is 0 Å². The van der Waals surface area contributed by atoms with Gasteiger partial charge in [0, 0.05) is 31.0 Å². The number of amides is 3. The van der Waals surface area contributed by atoms with Gasteiger partial charge in [0.05, 0.1) is 14.2 Å². The lowest BCUT2D eigenvalue weighted by Crippen LogP contribution is -2.30. The number of halogens is 1. The van der Waals surface area contributed by atoms with Gasteiger partial charge < -0.3 is 25.4 Å². The van der Waals surface area contributed by atoms with Crippen LogP contribution in [0.4, 0.5) is 11.4 Å². The smallest absolute Gasteiger partial charge is 0.272 e. The molecule has 48 heavy (non-hydrogen) atoms. The van der Waals surface area contributed by atoms with Crippen molar-refractivity contribution < 1.29 is 23.9 Å². The quantitative estimate of drug-likeness (QED) is 0.0672. The summed E-state index contributed by atoms with van der Waals surface area (Å²) >= 11 is 3.58. The maximum Gasteiger partial charge on any atom is 0.272 e. The topological polar surface area (TPSA) is 106 Å². The fourth-order valence-corrected chi connectivity index (χ4v) is 6.12. The number of carbonyl (C=O) groups is 3. The van der Waals surface area contributed by atoms with Gasteiger partial charge in [-0.25, -0.2) is 0 Å². The molecule has 5 rings (SSSR count). The minimum atomic E-state index is -0.572. The van der Waals surface area contributed by atoms with Crippen molar-refractivity contribution in [1.29, 1.82) is 0 Å². The van der Waals surface area contributed by atoms with E-state index in [0.29, 0.717) is 34.0 Å². The lowest BCUT2D eigenvalue weighted by atomic mass is 10.1. The van der Waals surface area contributed by atoms with Gasteiger partial charge in [-0.15, -0.1) is 11.8 Å². The lowest BCUT2D eigenvalue weighted by molar-refractivity contribution is -0.116. The van der Waals surface area contributed by atoms with Gasteiger partial charge in [0.15, 0.2) is 0 Å². The molecule has 3 amide bonds. The molecule has 0 aliphatic heterocycles. The molecule has 0 heterocycles. The van der Waals surface area contributed by atoms with Crippen LogP contribution in [0.2, 0.25) is 0 Å². The first-order valence-corrected chi connectivity index (χ1v) is 16.8. The van der Waals surface area contributed by atoms with E-state index in [2.05, 4.69) is 38.5 Å². The minimum absolute atomic E-state index is 0.00692. The van der Waals surface area contributed by atoms with Crippen LogP contribution < -0.4 is 25.4 Å². The molecule has 0 saturated heterocycles. The highest BCUT2D eigenvalue weighted by atomic mass is 127. The fourth-order valence-electron chi connectivity index (χ4n) is 4.67. The van der Waals surface area contributed by atoms with E-state index in [-0.39, 0.29) is 11.6 Å². The van der Waals surface area contributed by atoms with Crippen LogP contribution in [0, 0.1) is 3.57 Å². The largest absolute Gasteiger partial charge is 0.497 e. The lowest BCUT2D eigenvalue weighted by Gasteiger charge is -2.18. The van der Waals surface area contributed by atoms with Gasteiger partial charge in [-0.3, -0.25) is 14.4 Å². The van der Waals surface area contributed by atoms with E-state index >= 15 is 0 Å². The molecular formula is C38H32IN3O5S. The van der Waals surface area contributed by atoms with E-state index in [1.54, 1.807) is 73.8 Å². The molecule has 0 fully saturated rings. The van der Waals surface area contributed by atoms with Crippen LogP contribution in [0.5, 0.6) is 11.5 Å². The molecule has 0 aromatic heterocycles. The SMILES string of the molecule is COc1ccc(OC)c(/C=C(/NC(=O)c2ccccc2)C(=O)Nc2cccc(SC(C(=O)Nc3ccc(I)cc3)c3ccccc3)c2)c1. The van der Waals surface area contributed by atoms with Crippen LogP contribution in [0.25, 0.3) is 6.08 Å². The molecule has 0 aliphatic carbocycles. The summed E-state index contributed by atoms with van der Waals surface area (Å²) in [6, 6.07) is 38.1. The zero-order valence-electron chi connectivity index (χ0n) is 26.1. The van der Waals surface area contributed by atoms with Crippen molar-refractivity contribution in [2.75, 3.05) is 24.9 Å². The van der Waals surface area contributed by atoms with E-state index in [1.807, 2.05) is 60.7 Å². The Morgan fingerprint density at radius 1 is 0.729 bits per heavy atom. The summed E-state index contributed by atoms with van der Waals surface area (Å²) in [5.41, 5.74) is 2.93. The van der Waals surface area contributed by atoms with E-state index in [1.165, 1.54) is 24.9 Å². The third kappa shape index (κ3) is 9.26. The first kappa shape index (κ1) is 34.3. The number of anilines is 2. The Hall–Kier alpha value is -5.07. The van der Waals surface area contributed by atoms with Crippen LogP contribution in [-0.2, 0) is 9.59 Å². The Morgan fingerprint density at radius 3 is 2.12 bits per heavy atom. The second kappa shape index (κ2) is 16.7. The van der Waals surface area contributed by atoms with Crippen LogP contribution in [-0.4, -0.2) is 31.9 Å². The van der Waals surface area contributed by atoms with Crippen LogP contribution >= 0.6 is 34.4 Å². The summed E-state index contributed by atoms with van der Waals surface area (Å²) in [6.45, 7) is 0. The highest BCUT2D eigenvalue weighted by Gasteiger charge is 2.23. The van der Waals surface area contributed by atoms with Crippen molar-refractivity contribution in [3.8, 4) is 11.5 Å². The van der Waals surface area contributed by atoms with E-state index in [0.717, 1.165) is 14.0 Å². The van der Waals surface area contributed by atoms with Gasteiger partial charge in [0.2, 0.25) is 5.91 Å². The number of benzene rings is 5. The molecule has 0 bridgehead atoms. The van der Waals surface area contributed by atoms with Crippen LogP contribution in [0.15, 0.2) is 138 Å². The number of nitrogens with one attached hydrogen (secondary N) is 3. The van der Waals surface area contributed by atoms with Gasteiger partial charge in [0.25, 0.3) is 11.8 Å². The molecule has 10 heteroatoms. The van der Waals surface area contributed by atoms with Crippen molar-refractivity contribution in [1.82, 2.24) is 5.32 Å². The molecule has 3 N–H and O–H groups in total. The molecule has 0 saturated carbocycles. The van der Waals surface area contributed by atoms with Crippen molar-refractivity contribution >= 4 is 69.5 Å². The molecule has 8 nitrogen and oxygen atoms in total. The Balaban J connectivity index is 1.41. The van der Waals surface area contributed by atoms with E-state index < -0.39 is 17.1 Å². The minimum Gasteiger partial charge on any atom is -0.497 e. The predicted octanol–water partition coefficient (Wildman–Crippen LogP) is 8.19. The zero-order valence-corrected chi connectivity index (χ0v) is 29.1. The van der Waals surface area contributed by atoms with Gasteiger partial charge in [-0.1, -0.05) is 54.6 Å². The number of hydrogen-bond donors (Lipinski definition) is 3. The number of carbonyl (C=O) groups excluding carboxylic acids is 3. The first-order chi connectivity index (χ1) is 23.3. The summed E-state index contributed by atoms with van der Waals surface area (Å²) in [6.07, 6.45) is 1.54. The van der Waals surface area contributed by atoms with Crippen molar-refractivity contribution in [3.63, 3.8) is 0 Å². The summed E-state index contributed by atoms with van der Waals surface area (Å²) in [5.74, 6) is -0.137. The molecule has 5 aromatic rings. The number of ether oxygens (including phenoxy) is 2. The Labute approximate surface area is 297 Å². The average Bonchev–Trinajstić information content (AvgIpc) is 3.12. The summed E-state index contributed by atoms with van der Waals surface area (Å²) < 4.78 is 11.9. The highest BCUT2D eigenvalue weighted by molar-refractivity contribution is 14.1. The maximum absolute atomic E-state index is 13.8. The molecule has 242 valence electrons. The maximum atomic E-state index is 13.8. The van der Waals surface area contributed by atoms with E-state index in [4.69, 9.17) is 9.47 Å². The molecule has 0 radical (unpaired) electrons. The molecule has 5 aromatic carbocycles. The number of rotatable bonds is 12. The molecule has 0 aliphatic rings. The second-order valence-corrected chi connectivity index (χ2v) is 12.8. The molecule has 1 unspecified atom stereocenters. The highest BCUT2D eigenvalue weighted by Crippen LogP contribution is 2.37. The predicted molar refractivity (Wildman–Crippen MR) is 199 cm³/mol. The monoisotopic (exact) mass is 769 g/mol. The normalized spacial score (nSPS) is 11.6. The Bertz CT molecular complexity index is 1920. The molecular weight excluding hydrogens is 737 g/mol. The van der Waals surface area contributed by atoms with Crippen molar-refractivity contribution in [3.05, 3.63) is 153 Å². The third-order valence-electron chi connectivity index (χ3n) is 7.06. The first-order valence-electron chi connectivity index (χ1n) is 14.8. The third-order valence-corrected chi connectivity index (χ3v) is 9.03. The number of thioether (sulfide) groups is 1. The summed E-state index contributed by atoms with van der Waals surface area (Å²) in [7, 11) is 3.06. The summed E-state index contributed by atoms with van der Waals surface area (Å²) in [5, 5.41) is 8.11. The van der Waals surface area contributed by atoms with Crippen LogP contribution in [0.3, 0.4) is 0 Å². The van der Waals surface area contributed by atoms with Gasteiger partial charge in [-0.2, -0.15) is 0 Å². The number of methoxy groups -OCH3 is 2. The fraction of sp³-hybridized carbons (Fsp3) is 0.0789. The second-order valence-electron chi connectivity index (χ2n) is 10.4. The average molecular weight is 770 g/mol. The van der Waals surface area contributed by atoms with Gasteiger partial charge >= 0.3 is 0 Å². The molecule has 0 spiro atoms. The zero-order chi connectivity index (χ0) is 33.9. The Kier molecular flexibility index (Phi) is 11.9. The summed E-state index contributed by atoms with van der Waals surface area (Å²) in [4.78, 5) is 41.3. The molecule has 1 atom stereocenters. The van der Waals surface area contributed by atoms with Crippen LogP contribution in [0.1, 0.15) is 26.7 Å². The van der Waals surface area contributed by atoms with Gasteiger partial charge in [-0.05, 0) is 107 Å².